The molecule has 2 rings (SSSR count). The van der Waals surface area contributed by atoms with E-state index in [2.05, 4.69) is 17.6 Å². The topological polar surface area (TPSA) is 108 Å². The van der Waals surface area contributed by atoms with Gasteiger partial charge in [-0.3, -0.25) is 9.59 Å². The summed E-state index contributed by atoms with van der Waals surface area (Å²) in [4.78, 5) is 43.0. The van der Waals surface area contributed by atoms with E-state index < -0.39 is 23.8 Å². The third kappa shape index (κ3) is 11.2. The smallest absolute Gasteiger partial charge is 0.408 e. The van der Waals surface area contributed by atoms with Crippen LogP contribution < -0.4 is 10.6 Å². The van der Waals surface area contributed by atoms with Gasteiger partial charge in [0.2, 0.25) is 11.8 Å². The Morgan fingerprint density at radius 2 is 1.71 bits per heavy atom. The molecule has 41 heavy (non-hydrogen) atoms. The van der Waals surface area contributed by atoms with Gasteiger partial charge in [0.25, 0.3) is 0 Å². The molecule has 232 valence electrons. The van der Waals surface area contributed by atoms with Crippen LogP contribution in [0.25, 0.3) is 0 Å². The van der Waals surface area contributed by atoms with E-state index in [1.807, 2.05) is 13.8 Å². The second kappa shape index (κ2) is 16.6. The van der Waals surface area contributed by atoms with Crippen LogP contribution in [0.4, 0.5) is 4.79 Å². The summed E-state index contributed by atoms with van der Waals surface area (Å²) in [7, 11) is 0. The lowest BCUT2D eigenvalue weighted by molar-refractivity contribution is -0.144. The molecule has 1 saturated carbocycles. The lowest BCUT2D eigenvalue weighted by Gasteiger charge is -2.37. The number of aromatic hydroxyl groups is 1. The first-order valence-corrected chi connectivity index (χ1v) is 15.8. The van der Waals surface area contributed by atoms with Gasteiger partial charge in [-0.1, -0.05) is 78.2 Å². The average Bonchev–Trinajstić information content (AvgIpc) is 2.91. The minimum absolute atomic E-state index is 0.0729. The molecule has 1 aromatic rings. The highest BCUT2D eigenvalue weighted by molar-refractivity contribution is 5.92. The molecule has 0 radical (unpaired) electrons. The Bertz CT molecular complexity index is 984. The van der Waals surface area contributed by atoms with Crippen molar-refractivity contribution in [1.82, 2.24) is 15.5 Å². The standard InChI is InChI=1S/C33H55N3O5/c1-8-10-11-12-16-21-36(31(39)28(23(3)9-2)35-32(40)41-33(5,6)7)29(25-19-20-27(37)24(4)22-25)30(38)34-26-17-14-13-15-18-26/h19-20,22-23,26,28-29,37H,8-18,21H2,1-7H3,(H,34,38)(H,35,40). The first-order chi connectivity index (χ1) is 19.4. The maximum atomic E-state index is 14.5. The molecule has 1 fully saturated rings. The zero-order valence-corrected chi connectivity index (χ0v) is 26.6. The Labute approximate surface area is 248 Å². The lowest BCUT2D eigenvalue weighted by Crippen LogP contribution is -2.56. The minimum Gasteiger partial charge on any atom is -0.508 e. The predicted octanol–water partition coefficient (Wildman–Crippen LogP) is 6.93. The number of phenols is 1. The summed E-state index contributed by atoms with van der Waals surface area (Å²) in [6.07, 6.45) is 10.1. The van der Waals surface area contributed by atoms with E-state index in [4.69, 9.17) is 4.74 Å². The van der Waals surface area contributed by atoms with Gasteiger partial charge >= 0.3 is 6.09 Å². The van der Waals surface area contributed by atoms with E-state index in [0.29, 0.717) is 24.1 Å². The highest BCUT2D eigenvalue weighted by Crippen LogP contribution is 2.29. The molecule has 1 aliphatic carbocycles. The van der Waals surface area contributed by atoms with Crippen LogP contribution in [0.1, 0.15) is 129 Å². The van der Waals surface area contributed by atoms with Crippen LogP contribution in [0.3, 0.4) is 0 Å². The Balaban J connectivity index is 2.51. The van der Waals surface area contributed by atoms with Crippen LogP contribution in [-0.4, -0.2) is 52.1 Å². The van der Waals surface area contributed by atoms with Gasteiger partial charge < -0.3 is 25.4 Å². The zero-order chi connectivity index (χ0) is 30.6. The van der Waals surface area contributed by atoms with Crippen molar-refractivity contribution < 1.29 is 24.2 Å². The summed E-state index contributed by atoms with van der Waals surface area (Å²) in [5.74, 6) is -0.554. The molecule has 0 bridgehead atoms. The number of alkyl carbamates (subject to hydrolysis) is 1. The molecule has 3 N–H and O–H groups in total. The first kappa shape index (κ1) is 34.4. The molecule has 0 saturated heterocycles. The zero-order valence-electron chi connectivity index (χ0n) is 26.6. The fraction of sp³-hybridized carbons (Fsp3) is 0.727. The van der Waals surface area contributed by atoms with Gasteiger partial charge in [-0.2, -0.15) is 0 Å². The number of ether oxygens (including phenoxy) is 1. The van der Waals surface area contributed by atoms with E-state index in [-0.39, 0.29) is 29.5 Å². The van der Waals surface area contributed by atoms with E-state index >= 15 is 0 Å². The molecule has 0 spiro atoms. The summed E-state index contributed by atoms with van der Waals surface area (Å²) in [5, 5.41) is 16.3. The lowest BCUT2D eigenvalue weighted by atomic mass is 9.93. The Morgan fingerprint density at radius 3 is 2.29 bits per heavy atom. The quantitative estimate of drug-likeness (QED) is 0.209. The van der Waals surface area contributed by atoms with E-state index in [1.54, 1.807) is 50.8 Å². The van der Waals surface area contributed by atoms with Crippen LogP contribution in [-0.2, 0) is 14.3 Å². The number of nitrogens with one attached hydrogen (secondary N) is 2. The number of aryl methyl sites for hydroxylation is 1. The molecule has 1 aliphatic rings. The number of unbranched alkanes of at least 4 members (excludes halogenated alkanes) is 4. The second-order valence-corrected chi connectivity index (χ2v) is 12.7. The molecule has 1 aromatic carbocycles. The third-order valence-electron chi connectivity index (χ3n) is 7.99. The van der Waals surface area contributed by atoms with Crippen molar-refractivity contribution in [2.75, 3.05) is 6.54 Å². The van der Waals surface area contributed by atoms with Crippen LogP contribution >= 0.6 is 0 Å². The number of rotatable bonds is 14. The summed E-state index contributed by atoms with van der Waals surface area (Å²) >= 11 is 0. The summed E-state index contributed by atoms with van der Waals surface area (Å²) in [6, 6.07) is 3.43. The first-order valence-electron chi connectivity index (χ1n) is 15.8. The summed E-state index contributed by atoms with van der Waals surface area (Å²) in [5.41, 5.74) is 0.576. The van der Waals surface area contributed by atoms with Crippen molar-refractivity contribution in [1.29, 1.82) is 0 Å². The summed E-state index contributed by atoms with van der Waals surface area (Å²) < 4.78 is 5.51. The van der Waals surface area contributed by atoms with Gasteiger partial charge in [0.15, 0.2) is 0 Å². The molecule has 8 heteroatoms. The largest absolute Gasteiger partial charge is 0.508 e. The number of carbonyl (C=O) groups is 3. The summed E-state index contributed by atoms with van der Waals surface area (Å²) in [6.45, 7) is 13.6. The van der Waals surface area contributed by atoms with Crippen LogP contribution in [0.5, 0.6) is 5.75 Å². The SMILES string of the molecule is CCCCCCCN(C(=O)C(NC(=O)OC(C)(C)C)C(C)CC)C(C(=O)NC1CCCCC1)c1ccc(O)c(C)c1. The van der Waals surface area contributed by atoms with Gasteiger partial charge in [-0.25, -0.2) is 4.79 Å². The van der Waals surface area contributed by atoms with E-state index in [1.165, 1.54) is 6.42 Å². The second-order valence-electron chi connectivity index (χ2n) is 12.7. The number of hydrogen-bond donors (Lipinski definition) is 3. The highest BCUT2D eigenvalue weighted by Gasteiger charge is 2.38. The van der Waals surface area contributed by atoms with Gasteiger partial charge in [-0.05, 0) is 76.1 Å². The number of amides is 3. The minimum atomic E-state index is -0.887. The number of benzene rings is 1. The monoisotopic (exact) mass is 573 g/mol. The Kier molecular flexibility index (Phi) is 14.0. The van der Waals surface area contributed by atoms with Gasteiger partial charge in [0.1, 0.15) is 23.4 Å². The maximum Gasteiger partial charge on any atom is 0.408 e. The normalized spacial score (nSPS) is 16.4. The van der Waals surface area contributed by atoms with E-state index in [0.717, 1.165) is 57.8 Å². The van der Waals surface area contributed by atoms with Crippen molar-refractivity contribution in [3.8, 4) is 5.75 Å². The number of nitrogens with zero attached hydrogens (tertiary/aromatic N) is 1. The fourth-order valence-corrected chi connectivity index (χ4v) is 5.40. The van der Waals surface area contributed by atoms with Crippen molar-refractivity contribution >= 4 is 17.9 Å². The predicted molar refractivity (Wildman–Crippen MR) is 164 cm³/mol. The molecule has 0 heterocycles. The molecule has 0 aromatic heterocycles. The fourth-order valence-electron chi connectivity index (χ4n) is 5.40. The molecule has 3 atom stereocenters. The number of phenolic OH excluding ortho intramolecular Hbond substituents is 1. The van der Waals surface area contributed by atoms with Crippen molar-refractivity contribution in [3.05, 3.63) is 29.3 Å². The van der Waals surface area contributed by atoms with Crippen molar-refractivity contribution in [3.63, 3.8) is 0 Å². The Morgan fingerprint density at radius 1 is 1.05 bits per heavy atom. The highest BCUT2D eigenvalue weighted by atomic mass is 16.6. The molecule has 8 nitrogen and oxygen atoms in total. The Hall–Kier alpha value is -2.77. The average molecular weight is 574 g/mol. The van der Waals surface area contributed by atoms with Crippen LogP contribution in [0.15, 0.2) is 18.2 Å². The third-order valence-corrected chi connectivity index (χ3v) is 7.99. The van der Waals surface area contributed by atoms with E-state index in [9.17, 15) is 19.5 Å². The molecule has 3 unspecified atom stereocenters. The molecule has 0 aliphatic heterocycles. The molecular weight excluding hydrogens is 518 g/mol. The van der Waals surface area contributed by atoms with Crippen LogP contribution in [0.2, 0.25) is 0 Å². The van der Waals surface area contributed by atoms with Crippen molar-refractivity contribution in [2.24, 2.45) is 5.92 Å². The number of carbonyl (C=O) groups excluding carboxylic acids is 3. The van der Waals surface area contributed by atoms with Gasteiger partial charge in [0.05, 0.1) is 0 Å². The molecule has 3 amide bonds. The maximum absolute atomic E-state index is 14.5. The van der Waals surface area contributed by atoms with Crippen molar-refractivity contribution in [2.45, 2.75) is 143 Å². The van der Waals surface area contributed by atoms with Gasteiger partial charge in [-0.15, -0.1) is 0 Å². The van der Waals surface area contributed by atoms with Crippen LogP contribution in [0, 0.1) is 12.8 Å². The number of hydrogen-bond acceptors (Lipinski definition) is 5. The van der Waals surface area contributed by atoms with Gasteiger partial charge in [0, 0.05) is 12.6 Å². The molecular formula is C33H55N3O5.